The third kappa shape index (κ3) is 3.75. The van der Waals surface area contributed by atoms with Crippen LogP contribution in [0.5, 0.6) is 0 Å². The molecule has 4 heteroatoms. The molecule has 0 spiro atoms. The van der Waals surface area contributed by atoms with E-state index in [-0.39, 0.29) is 16.7 Å². The van der Waals surface area contributed by atoms with Crippen LogP contribution in [0.3, 0.4) is 0 Å². The number of carbonyl (C=O) groups excluding carboxylic acids is 1. The van der Waals surface area contributed by atoms with Crippen molar-refractivity contribution in [3.8, 4) is 0 Å². The zero-order chi connectivity index (χ0) is 17.4. The van der Waals surface area contributed by atoms with Crippen LogP contribution in [0.15, 0.2) is 30.3 Å². The average molecular weight is 360 g/mol. The first-order valence-corrected chi connectivity index (χ1v) is 10.7. The van der Waals surface area contributed by atoms with Crippen molar-refractivity contribution in [2.24, 2.45) is 17.8 Å². The van der Waals surface area contributed by atoms with Gasteiger partial charge in [-0.15, -0.1) is 11.8 Å². The Hall–Kier alpha value is -1.00. The zero-order valence-corrected chi connectivity index (χ0v) is 15.8. The molecule has 5 rings (SSSR count). The second kappa shape index (κ2) is 6.96. The topological polar surface area (TPSA) is 49.3 Å². The fraction of sp³-hybridized carbons (Fsp3) is 0.667. The number of thioether (sulfide) groups is 1. The molecule has 0 saturated heterocycles. The molecule has 4 aliphatic carbocycles. The van der Waals surface area contributed by atoms with Crippen LogP contribution >= 0.6 is 11.8 Å². The first-order chi connectivity index (χ1) is 12.0. The van der Waals surface area contributed by atoms with Crippen LogP contribution in [0.1, 0.15) is 57.1 Å². The van der Waals surface area contributed by atoms with Crippen LogP contribution < -0.4 is 5.32 Å². The van der Waals surface area contributed by atoms with Gasteiger partial charge in [-0.05, 0) is 68.8 Å². The molecular weight excluding hydrogens is 330 g/mol. The van der Waals surface area contributed by atoms with Crippen LogP contribution in [-0.4, -0.2) is 27.6 Å². The molecule has 25 heavy (non-hydrogen) atoms. The minimum atomic E-state index is -0.513. The normalized spacial score (nSPS) is 35.4. The van der Waals surface area contributed by atoms with Crippen molar-refractivity contribution < 1.29 is 9.90 Å². The van der Waals surface area contributed by atoms with Gasteiger partial charge < -0.3 is 10.4 Å². The van der Waals surface area contributed by atoms with E-state index in [1.807, 2.05) is 37.3 Å². The molecular formula is C21H29NO2S. The molecule has 4 fully saturated rings. The highest BCUT2D eigenvalue weighted by Gasteiger charge is 2.51. The molecule has 3 nitrogen and oxygen atoms in total. The predicted octanol–water partition coefficient (Wildman–Crippen LogP) is 3.93. The molecule has 4 aliphatic rings. The lowest BCUT2D eigenvalue weighted by molar-refractivity contribution is -0.126. The van der Waals surface area contributed by atoms with E-state index in [4.69, 9.17) is 0 Å². The van der Waals surface area contributed by atoms with E-state index in [9.17, 15) is 9.90 Å². The maximum Gasteiger partial charge on any atom is 0.233 e. The van der Waals surface area contributed by atoms with Crippen molar-refractivity contribution in [3.05, 3.63) is 35.9 Å². The van der Waals surface area contributed by atoms with Gasteiger partial charge in [-0.25, -0.2) is 0 Å². The van der Waals surface area contributed by atoms with Gasteiger partial charge in [-0.3, -0.25) is 4.79 Å². The van der Waals surface area contributed by atoms with E-state index in [2.05, 4.69) is 5.32 Å². The van der Waals surface area contributed by atoms with Gasteiger partial charge in [0, 0.05) is 11.3 Å². The fourth-order valence-corrected chi connectivity index (χ4v) is 6.58. The summed E-state index contributed by atoms with van der Waals surface area (Å²) in [6, 6.07) is 9.69. The number of benzene rings is 1. The maximum absolute atomic E-state index is 12.8. The van der Waals surface area contributed by atoms with Crippen molar-refractivity contribution >= 4 is 17.7 Å². The van der Waals surface area contributed by atoms with Gasteiger partial charge in [0.05, 0.1) is 11.4 Å². The number of aliphatic hydroxyl groups is 1. The number of hydrogen-bond acceptors (Lipinski definition) is 3. The van der Waals surface area contributed by atoms with E-state index in [0.717, 1.165) is 23.3 Å². The van der Waals surface area contributed by atoms with Gasteiger partial charge in [0.2, 0.25) is 5.91 Å². The van der Waals surface area contributed by atoms with Crippen molar-refractivity contribution in [2.75, 3.05) is 5.75 Å². The lowest BCUT2D eigenvalue weighted by Crippen LogP contribution is -2.60. The highest BCUT2D eigenvalue weighted by Crippen LogP contribution is 2.55. The van der Waals surface area contributed by atoms with Gasteiger partial charge >= 0.3 is 0 Å². The van der Waals surface area contributed by atoms with Gasteiger partial charge in [-0.2, -0.15) is 0 Å². The smallest absolute Gasteiger partial charge is 0.233 e. The van der Waals surface area contributed by atoms with Gasteiger partial charge in [0.15, 0.2) is 0 Å². The number of amides is 1. The van der Waals surface area contributed by atoms with Crippen molar-refractivity contribution in [1.29, 1.82) is 0 Å². The molecule has 0 heterocycles. The summed E-state index contributed by atoms with van der Waals surface area (Å²) in [6.45, 7) is 1.97. The third-order valence-electron chi connectivity index (χ3n) is 6.48. The van der Waals surface area contributed by atoms with E-state index in [0.29, 0.717) is 5.75 Å². The summed E-state index contributed by atoms with van der Waals surface area (Å²) in [5, 5.41) is 13.6. The Labute approximate surface area is 155 Å². The molecule has 1 aromatic carbocycles. The largest absolute Gasteiger partial charge is 0.388 e. The third-order valence-corrected chi connectivity index (χ3v) is 7.71. The lowest BCUT2D eigenvalue weighted by Gasteiger charge is -2.57. The summed E-state index contributed by atoms with van der Waals surface area (Å²) in [4.78, 5) is 12.8. The van der Waals surface area contributed by atoms with Crippen LogP contribution in [0.25, 0.3) is 0 Å². The Bertz CT molecular complexity index is 582. The Morgan fingerprint density at radius 2 is 1.72 bits per heavy atom. The molecule has 1 amide bonds. The minimum absolute atomic E-state index is 0.0820. The second-order valence-electron chi connectivity index (χ2n) is 8.59. The zero-order valence-electron chi connectivity index (χ0n) is 15.0. The number of rotatable bonds is 6. The molecule has 1 aromatic rings. The Morgan fingerprint density at radius 1 is 1.16 bits per heavy atom. The standard InChI is InChI=1S/C21H29NO2S/c1-14(25-13-19(23)18-5-3-2-4-6-18)20(24)22-21-10-15-7-16(11-21)9-17(8-15)12-21/h2-6,14-17,19,23H,7-13H2,1H3,(H,22,24). The van der Waals surface area contributed by atoms with Crippen molar-refractivity contribution in [2.45, 2.75) is 62.3 Å². The van der Waals surface area contributed by atoms with Crippen LogP contribution in [0.4, 0.5) is 0 Å². The quantitative estimate of drug-likeness (QED) is 0.809. The van der Waals surface area contributed by atoms with Crippen molar-refractivity contribution in [1.82, 2.24) is 5.32 Å². The van der Waals surface area contributed by atoms with Gasteiger partial charge in [0.1, 0.15) is 0 Å². The summed E-state index contributed by atoms with van der Waals surface area (Å²) in [5.41, 5.74) is 1.00. The van der Waals surface area contributed by atoms with E-state index in [1.54, 1.807) is 11.8 Å². The van der Waals surface area contributed by atoms with Gasteiger partial charge in [-0.1, -0.05) is 30.3 Å². The molecule has 2 unspecified atom stereocenters. The molecule has 0 aliphatic heterocycles. The summed E-state index contributed by atoms with van der Waals surface area (Å²) < 4.78 is 0. The number of nitrogens with one attached hydrogen (secondary N) is 1. The summed E-state index contributed by atoms with van der Waals surface area (Å²) in [7, 11) is 0. The van der Waals surface area contributed by atoms with Crippen molar-refractivity contribution in [3.63, 3.8) is 0 Å². The molecule has 0 aromatic heterocycles. The average Bonchev–Trinajstić information content (AvgIpc) is 2.58. The fourth-order valence-electron chi connectivity index (χ4n) is 5.71. The Morgan fingerprint density at radius 3 is 2.28 bits per heavy atom. The molecule has 2 atom stereocenters. The SMILES string of the molecule is CC(SCC(O)c1ccccc1)C(=O)NC12CC3CC(CC(C3)C1)C2. The number of carbonyl (C=O) groups is 1. The molecule has 2 N–H and O–H groups in total. The molecule has 4 saturated carbocycles. The van der Waals surface area contributed by atoms with Crippen LogP contribution in [-0.2, 0) is 4.79 Å². The molecule has 0 radical (unpaired) electrons. The first-order valence-electron chi connectivity index (χ1n) is 9.70. The Balaban J connectivity index is 1.31. The number of aliphatic hydroxyl groups excluding tert-OH is 1. The summed E-state index contributed by atoms with van der Waals surface area (Å²) >= 11 is 1.55. The van der Waals surface area contributed by atoms with Crippen LogP contribution in [0, 0.1) is 17.8 Å². The van der Waals surface area contributed by atoms with E-state index < -0.39 is 6.10 Å². The van der Waals surface area contributed by atoms with E-state index >= 15 is 0 Å². The summed E-state index contributed by atoms with van der Waals surface area (Å²) in [5.74, 6) is 3.24. The second-order valence-corrected chi connectivity index (χ2v) is 9.96. The molecule has 136 valence electrons. The minimum Gasteiger partial charge on any atom is -0.388 e. The summed E-state index contributed by atoms with van der Waals surface area (Å²) in [6.07, 6.45) is 7.23. The highest BCUT2D eigenvalue weighted by molar-refractivity contribution is 8.00. The highest BCUT2D eigenvalue weighted by atomic mass is 32.2. The monoisotopic (exact) mass is 359 g/mol. The number of hydrogen-bond donors (Lipinski definition) is 2. The lowest BCUT2D eigenvalue weighted by atomic mass is 9.53. The Kier molecular flexibility index (Phi) is 4.85. The molecule has 4 bridgehead atoms. The van der Waals surface area contributed by atoms with Gasteiger partial charge in [0.25, 0.3) is 0 Å². The maximum atomic E-state index is 12.8. The van der Waals surface area contributed by atoms with E-state index in [1.165, 1.54) is 38.5 Å². The predicted molar refractivity (Wildman–Crippen MR) is 102 cm³/mol. The first kappa shape index (κ1) is 17.4. The van der Waals surface area contributed by atoms with Crippen LogP contribution in [0.2, 0.25) is 0 Å².